The van der Waals surface area contributed by atoms with Crippen molar-refractivity contribution in [2.45, 2.75) is 18.9 Å². The van der Waals surface area contributed by atoms with Gasteiger partial charge >= 0.3 is 0 Å². The smallest absolute Gasteiger partial charge is 0.289 e. The lowest BCUT2D eigenvalue weighted by molar-refractivity contribution is 0.0664. The van der Waals surface area contributed by atoms with Gasteiger partial charge in [-0.15, -0.1) is 0 Å². The molecule has 1 saturated heterocycles. The zero-order valence-electron chi connectivity index (χ0n) is 11.6. The van der Waals surface area contributed by atoms with Crippen LogP contribution < -0.4 is 5.32 Å². The lowest BCUT2D eigenvalue weighted by Crippen LogP contribution is -2.43. The molecule has 1 aromatic heterocycles. The predicted octanol–water partition coefficient (Wildman–Crippen LogP) is 0.261. The number of hydrogen-bond donors (Lipinski definition) is 1. The third-order valence-corrected chi connectivity index (χ3v) is 3.47. The fraction of sp³-hybridized carbons (Fsp3) is 0.692. The largest absolute Gasteiger partial charge is 0.383 e. The van der Waals surface area contributed by atoms with Crippen molar-refractivity contribution < 1.29 is 9.53 Å². The number of imidazole rings is 1. The van der Waals surface area contributed by atoms with E-state index >= 15 is 0 Å². The first-order valence-corrected chi connectivity index (χ1v) is 6.71. The molecule has 0 aliphatic carbocycles. The Morgan fingerprint density at radius 3 is 3.11 bits per heavy atom. The first-order valence-electron chi connectivity index (χ1n) is 6.71. The van der Waals surface area contributed by atoms with Gasteiger partial charge in [0.15, 0.2) is 5.82 Å². The van der Waals surface area contributed by atoms with Crippen LogP contribution in [0.4, 0.5) is 0 Å². The van der Waals surface area contributed by atoms with E-state index in [9.17, 15) is 4.79 Å². The standard InChI is InChI=1S/C13H22N4O2/c1-16-7-6-15-12(16)13(18)17(8-9-19-2)10-11-4-3-5-14-11/h6-7,11,14H,3-5,8-10H2,1-2H3. The lowest BCUT2D eigenvalue weighted by atomic mass is 10.2. The van der Waals surface area contributed by atoms with Gasteiger partial charge in [-0.3, -0.25) is 4.79 Å². The Bertz CT molecular complexity index is 413. The average molecular weight is 266 g/mol. The molecule has 1 N–H and O–H groups in total. The second-order valence-electron chi connectivity index (χ2n) is 4.90. The summed E-state index contributed by atoms with van der Waals surface area (Å²) >= 11 is 0. The average Bonchev–Trinajstić information content (AvgIpc) is 3.05. The van der Waals surface area contributed by atoms with Crippen LogP contribution in [0, 0.1) is 0 Å². The van der Waals surface area contributed by atoms with Crippen LogP contribution in [0.1, 0.15) is 23.5 Å². The summed E-state index contributed by atoms with van der Waals surface area (Å²) in [5, 5.41) is 3.42. The van der Waals surface area contributed by atoms with Crippen molar-refractivity contribution in [3.05, 3.63) is 18.2 Å². The van der Waals surface area contributed by atoms with Crippen molar-refractivity contribution in [1.29, 1.82) is 0 Å². The summed E-state index contributed by atoms with van der Waals surface area (Å²) in [6.07, 6.45) is 5.74. The van der Waals surface area contributed by atoms with Gasteiger partial charge in [0.1, 0.15) is 0 Å². The number of ether oxygens (including phenoxy) is 1. The summed E-state index contributed by atoms with van der Waals surface area (Å²) in [7, 11) is 3.49. The fourth-order valence-electron chi connectivity index (χ4n) is 2.37. The highest BCUT2D eigenvalue weighted by Gasteiger charge is 2.24. The quantitative estimate of drug-likeness (QED) is 0.802. The summed E-state index contributed by atoms with van der Waals surface area (Å²) in [5.41, 5.74) is 0. The first kappa shape index (κ1) is 14.0. The van der Waals surface area contributed by atoms with Crippen LogP contribution in [0.3, 0.4) is 0 Å². The lowest BCUT2D eigenvalue weighted by Gasteiger charge is -2.25. The maximum absolute atomic E-state index is 12.5. The van der Waals surface area contributed by atoms with Gasteiger partial charge in [0.25, 0.3) is 5.91 Å². The number of carbonyl (C=O) groups is 1. The van der Waals surface area contributed by atoms with E-state index in [1.54, 1.807) is 24.1 Å². The van der Waals surface area contributed by atoms with E-state index in [-0.39, 0.29) is 5.91 Å². The summed E-state index contributed by atoms with van der Waals surface area (Å²) in [4.78, 5) is 18.4. The van der Waals surface area contributed by atoms with Crippen LogP contribution >= 0.6 is 0 Å². The van der Waals surface area contributed by atoms with Crippen molar-refractivity contribution in [1.82, 2.24) is 19.8 Å². The zero-order chi connectivity index (χ0) is 13.7. The van der Waals surface area contributed by atoms with E-state index in [1.807, 2.05) is 11.9 Å². The predicted molar refractivity (Wildman–Crippen MR) is 72.0 cm³/mol. The minimum Gasteiger partial charge on any atom is -0.383 e. The van der Waals surface area contributed by atoms with Gasteiger partial charge in [0.2, 0.25) is 0 Å². The second-order valence-corrected chi connectivity index (χ2v) is 4.90. The van der Waals surface area contributed by atoms with E-state index in [4.69, 9.17) is 4.74 Å². The summed E-state index contributed by atoms with van der Waals surface area (Å²) < 4.78 is 6.85. The minimum absolute atomic E-state index is 0.0294. The molecule has 0 spiro atoms. The van der Waals surface area contributed by atoms with Gasteiger partial charge in [-0.05, 0) is 19.4 Å². The molecule has 19 heavy (non-hydrogen) atoms. The van der Waals surface area contributed by atoms with Crippen molar-refractivity contribution in [2.24, 2.45) is 7.05 Å². The van der Waals surface area contributed by atoms with Gasteiger partial charge in [-0.25, -0.2) is 4.98 Å². The molecule has 0 aromatic carbocycles. The number of nitrogens with one attached hydrogen (secondary N) is 1. The molecule has 1 aliphatic rings. The van der Waals surface area contributed by atoms with Crippen LogP contribution in [0.5, 0.6) is 0 Å². The zero-order valence-corrected chi connectivity index (χ0v) is 11.6. The third-order valence-electron chi connectivity index (χ3n) is 3.47. The van der Waals surface area contributed by atoms with Gasteiger partial charge in [0, 0.05) is 45.7 Å². The molecule has 6 heteroatoms. The topological polar surface area (TPSA) is 59.4 Å². The van der Waals surface area contributed by atoms with E-state index in [0.717, 1.165) is 19.5 Å². The maximum atomic E-state index is 12.5. The maximum Gasteiger partial charge on any atom is 0.289 e. The first-order chi connectivity index (χ1) is 9.22. The van der Waals surface area contributed by atoms with Crippen molar-refractivity contribution in [3.8, 4) is 0 Å². The van der Waals surface area contributed by atoms with E-state index in [2.05, 4.69) is 10.3 Å². The van der Waals surface area contributed by atoms with Crippen LogP contribution in [-0.2, 0) is 11.8 Å². The molecule has 0 bridgehead atoms. The summed E-state index contributed by atoms with van der Waals surface area (Å²) in [6, 6.07) is 0.390. The van der Waals surface area contributed by atoms with Crippen molar-refractivity contribution >= 4 is 5.91 Å². The Balaban J connectivity index is 2.03. The number of aromatic nitrogens is 2. The molecule has 6 nitrogen and oxygen atoms in total. The molecule has 0 saturated carbocycles. The van der Waals surface area contributed by atoms with Gasteiger partial charge in [-0.1, -0.05) is 0 Å². The van der Waals surface area contributed by atoms with Gasteiger partial charge in [-0.2, -0.15) is 0 Å². The Hall–Kier alpha value is -1.40. The fourth-order valence-corrected chi connectivity index (χ4v) is 2.37. The van der Waals surface area contributed by atoms with Crippen molar-refractivity contribution in [2.75, 3.05) is 33.4 Å². The molecule has 1 aromatic rings. The molecule has 2 rings (SSSR count). The monoisotopic (exact) mass is 266 g/mol. The molecule has 1 fully saturated rings. The van der Waals surface area contributed by atoms with E-state index in [0.29, 0.717) is 25.0 Å². The van der Waals surface area contributed by atoms with Crippen LogP contribution in [-0.4, -0.2) is 59.8 Å². The highest BCUT2D eigenvalue weighted by atomic mass is 16.5. The highest BCUT2D eigenvalue weighted by Crippen LogP contribution is 2.09. The number of hydrogen-bond acceptors (Lipinski definition) is 4. The molecule has 1 aliphatic heterocycles. The Morgan fingerprint density at radius 1 is 1.68 bits per heavy atom. The van der Waals surface area contributed by atoms with Gasteiger partial charge in [0.05, 0.1) is 6.61 Å². The highest BCUT2D eigenvalue weighted by molar-refractivity contribution is 5.90. The van der Waals surface area contributed by atoms with E-state index < -0.39 is 0 Å². The third kappa shape index (κ3) is 3.54. The Morgan fingerprint density at radius 2 is 2.53 bits per heavy atom. The molecular formula is C13H22N4O2. The molecule has 1 atom stereocenters. The number of amides is 1. The SMILES string of the molecule is COCCN(CC1CCCN1)C(=O)c1nccn1C. The summed E-state index contributed by atoms with van der Waals surface area (Å²) in [6.45, 7) is 2.90. The van der Waals surface area contributed by atoms with Crippen LogP contribution in [0.15, 0.2) is 12.4 Å². The second kappa shape index (κ2) is 6.68. The molecule has 1 unspecified atom stereocenters. The number of carbonyl (C=O) groups excluding carboxylic acids is 1. The van der Waals surface area contributed by atoms with Crippen molar-refractivity contribution in [3.63, 3.8) is 0 Å². The number of aryl methyl sites for hydroxylation is 1. The van der Waals surface area contributed by atoms with E-state index in [1.165, 1.54) is 6.42 Å². The van der Waals surface area contributed by atoms with Gasteiger partial charge < -0.3 is 19.5 Å². The normalized spacial score (nSPS) is 18.7. The number of rotatable bonds is 6. The Kier molecular flexibility index (Phi) is 4.93. The number of nitrogens with zero attached hydrogens (tertiary/aromatic N) is 3. The molecule has 2 heterocycles. The molecule has 1 amide bonds. The van der Waals surface area contributed by atoms with Crippen LogP contribution in [0.25, 0.3) is 0 Å². The van der Waals surface area contributed by atoms with Crippen LogP contribution in [0.2, 0.25) is 0 Å². The molecular weight excluding hydrogens is 244 g/mol. The minimum atomic E-state index is -0.0294. The Labute approximate surface area is 113 Å². The molecule has 106 valence electrons. The number of methoxy groups -OCH3 is 1. The molecule has 0 radical (unpaired) electrons. The summed E-state index contributed by atoms with van der Waals surface area (Å²) in [5.74, 6) is 0.451.